The van der Waals surface area contributed by atoms with Crippen molar-refractivity contribution in [2.24, 2.45) is 5.73 Å². The summed E-state index contributed by atoms with van der Waals surface area (Å²) in [6, 6.07) is 2.02. The van der Waals surface area contributed by atoms with E-state index in [0.29, 0.717) is 17.2 Å². The number of nitrogens with two attached hydrogens (primary N) is 1. The molecule has 0 aliphatic heterocycles. The highest BCUT2D eigenvalue weighted by Gasteiger charge is 2.17. The Hall–Kier alpha value is -0.930. The smallest absolute Gasteiger partial charge is 0.141 e. The van der Waals surface area contributed by atoms with Gasteiger partial charge >= 0.3 is 0 Å². The van der Waals surface area contributed by atoms with E-state index in [1.807, 2.05) is 19.9 Å². The molecule has 4 heteroatoms. The van der Waals surface area contributed by atoms with Crippen molar-refractivity contribution in [2.45, 2.75) is 32.7 Å². The van der Waals surface area contributed by atoms with Gasteiger partial charge < -0.3 is 15.2 Å². The normalized spacial score (nSPS) is 12.4. The molecular formula is C13H20ClNO2. The Balaban J connectivity index is 3.34. The van der Waals surface area contributed by atoms with Crippen molar-refractivity contribution in [3.63, 3.8) is 0 Å². The predicted octanol–water partition coefficient (Wildman–Crippen LogP) is 2.81. The summed E-state index contributed by atoms with van der Waals surface area (Å²) < 4.78 is 10.7. The first kappa shape index (κ1) is 14.1. The third-order valence-electron chi connectivity index (χ3n) is 2.68. The van der Waals surface area contributed by atoms with Gasteiger partial charge in [-0.05, 0) is 25.8 Å². The lowest BCUT2D eigenvalue weighted by Gasteiger charge is -2.17. The number of ether oxygens (including phenoxy) is 2. The molecule has 96 valence electrons. The highest BCUT2D eigenvalue weighted by atomic mass is 35.5. The van der Waals surface area contributed by atoms with Crippen molar-refractivity contribution >= 4 is 11.6 Å². The molecule has 0 aliphatic carbocycles. The molecule has 17 heavy (non-hydrogen) atoms. The van der Waals surface area contributed by atoms with Crippen LogP contribution in [0.25, 0.3) is 0 Å². The Morgan fingerprint density at radius 2 is 2.00 bits per heavy atom. The molecule has 0 bridgehead atoms. The predicted molar refractivity (Wildman–Crippen MR) is 71.3 cm³/mol. The van der Waals surface area contributed by atoms with E-state index in [1.165, 1.54) is 0 Å². The lowest BCUT2D eigenvalue weighted by Crippen LogP contribution is -2.18. The van der Waals surface area contributed by atoms with Crippen LogP contribution < -0.4 is 15.2 Å². The van der Waals surface area contributed by atoms with Gasteiger partial charge in [-0.2, -0.15) is 0 Å². The molecule has 1 unspecified atom stereocenters. The Morgan fingerprint density at radius 3 is 2.41 bits per heavy atom. The highest BCUT2D eigenvalue weighted by Crippen LogP contribution is 2.39. The number of hydrogen-bond donors (Lipinski definition) is 1. The summed E-state index contributed by atoms with van der Waals surface area (Å²) in [7, 11) is 3.27. The number of methoxy groups -OCH3 is 2. The number of hydrogen-bond acceptors (Lipinski definition) is 3. The van der Waals surface area contributed by atoms with Gasteiger partial charge in [-0.1, -0.05) is 18.5 Å². The second-order valence-electron chi connectivity index (χ2n) is 4.10. The Labute approximate surface area is 108 Å². The Bertz CT molecular complexity index is 391. The SMILES string of the molecule is CCc1c(OC)cc(CC(C)N)c(OC)c1Cl. The summed E-state index contributed by atoms with van der Waals surface area (Å²) in [5, 5.41) is 0.630. The summed E-state index contributed by atoms with van der Waals surface area (Å²) in [6.07, 6.45) is 1.51. The topological polar surface area (TPSA) is 44.5 Å². The molecule has 1 aromatic carbocycles. The van der Waals surface area contributed by atoms with Gasteiger partial charge in [-0.25, -0.2) is 0 Å². The van der Waals surface area contributed by atoms with E-state index >= 15 is 0 Å². The van der Waals surface area contributed by atoms with E-state index in [2.05, 4.69) is 0 Å². The molecule has 2 N–H and O–H groups in total. The highest BCUT2D eigenvalue weighted by molar-refractivity contribution is 6.33. The molecule has 0 heterocycles. The van der Waals surface area contributed by atoms with Crippen molar-refractivity contribution in [1.82, 2.24) is 0 Å². The van der Waals surface area contributed by atoms with Crippen molar-refractivity contribution in [3.05, 3.63) is 22.2 Å². The summed E-state index contributed by atoms with van der Waals surface area (Å²) in [5.41, 5.74) is 7.78. The van der Waals surface area contributed by atoms with Gasteiger partial charge in [0.25, 0.3) is 0 Å². The van der Waals surface area contributed by atoms with Crippen LogP contribution >= 0.6 is 11.6 Å². The average Bonchev–Trinajstić information content (AvgIpc) is 2.28. The molecule has 1 atom stereocenters. The van der Waals surface area contributed by atoms with Crippen LogP contribution in [0.4, 0.5) is 0 Å². The monoisotopic (exact) mass is 257 g/mol. The van der Waals surface area contributed by atoms with E-state index in [9.17, 15) is 0 Å². The fourth-order valence-corrected chi connectivity index (χ4v) is 2.35. The minimum Gasteiger partial charge on any atom is -0.496 e. The van der Waals surface area contributed by atoms with Gasteiger partial charge in [-0.3, -0.25) is 0 Å². The van der Waals surface area contributed by atoms with Crippen molar-refractivity contribution in [1.29, 1.82) is 0 Å². The molecule has 0 saturated carbocycles. The molecule has 3 nitrogen and oxygen atoms in total. The van der Waals surface area contributed by atoms with Crippen molar-refractivity contribution < 1.29 is 9.47 Å². The van der Waals surface area contributed by atoms with Crippen LogP contribution in [-0.4, -0.2) is 20.3 Å². The summed E-state index contributed by atoms with van der Waals surface area (Å²) in [5.74, 6) is 1.51. The fraction of sp³-hybridized carbons (Fsp3) is 0.538. The number of rotatable bonds is 5. The van der Waals surface area contributed by atoms with Crippen LogP contribution in [0.1, 0.15) is 25.0 Å². The van der Waals surface area contributed by atoms with Gasteiger partial charge in [0.2, 0.25) is 0 Å². The largest absolute Gasteiger partial charge is 0.496 e. The number of benzene rings is 1. The van der Waals surface area contributed by atoms with Crippen LogP contribution in [0.5, 0.6) is 11.5 Å². The number of halogens is 1. The second kappa shape index (κ2) is 6.12. The first-order valence-corrected chi connectivity index (χ1v) is 6.10. The van der Waals surface area contributed by atoms with Crippen LogP contribution in [0.3, 0.4) is 0 Å². The lowest BCUT2D eigenvalue weighted by atomic mass is 10.0. The van der Waals surface area contributed by atoms with E-state index in [4.69, 9.17) is 26.8 Å². The maximum Gasteiger partial charge on any atom is 0.141 e. The second-order valence-corrected chi connectivity index (χ2v) is 4.48. The van der Waals surface area contributed by atoms with E-state index in [0.717, 1.165) is 23.3 Å². The Kier molecular flexibility index (Phi) is 5.09. The van der Waals surface area contributed by atoms with E-state index < -0.39 is 0 Å². The van der Waals surface area contributed by atoms with Gasteiger partial charge in [-0.15, -0.1) is 0 Å². The molecule has 0 fully saturated rings. The van der Waals surface area contributed by atoms with Gasteiger partial charge in [0.15, 0.2) is 0 Å². The van der Waals surface area contributed by atoms with Crippen LogP contribution in [0.15, 0.2) is 6.07 Å². The zero-order valence-electron chi connectivity index (χ0n) is 10.8. The molecule has 0 spiro atoms. The minimum atomic E-state index is 0.0529. The maximum atomic E-state index is 6.34. The quantitative estimate of drug-likeness (QED) is 0.882. The average molecular weight is 258 g/mol. The summed E-state index contributed by atoms with van der Waals surface area (Å²) in [4.78, 5) is 0. The fourth-order valence-electron chi connectivity index (χ4n) is 1.93. The molecule has 0 saturated heterocycles. The van der Waals surface area contributed by atoms with E-state index in [-0.39, 0.29) is 6.04 Å². The first-order valence-electron chi connectivity index (χ1n) is 5.72. The van der Waals surface area contributed by atoms with E-state index in [1.54, 1.807) is 14.2 Å². The van der Waals surface area contributed by atoms with Crippen LogP contribution in [0.2, 0.25) is 5.02 Å². The molecule has 1 aromatic rings. The zero-order valence-corrected chi connectivity index (χ0v) is 11.6. The first-order chi connectivity index (χ1) is 8.04. The zero-order chi connectivity index (χ0) is 13.0. The Morgan fingerprint density at radius 1 is 1.35 bits per heavy atom. The van der Waals surface area contributed by atoms with Gasteiger partial charge in [0.05, 0.1) is 19.2 Å². The maximum absolute atomic E-state index is 6.34. The molecular weight excluding hydrogens is 238 g/mol. The summed E-state index contributed by atoms with van der Waals surface area (Å²) >= 11 is 6.34. The molecule has 1 rings (SSSR count). The molecule has 0 radical (unpaired) electrons. The lowest BCUT2D eigenvalue weighted by molar-refractivity contribution is 0.394. The van der Waals surface area contributed by atoms with Gasteiger partial charge in [0, 0.05) is 17.2 Å². The van der Waals surface area contributed by atoms with Gasteiger partial charge in [0.1, 0.15) is 11.5 Å². The van der Waals surface area contributed by atoms with Crippen molar-refractivity contribution in [3.8, 4) is 11.5 Å². The summed E-state index contributed by atoms with van der Waals surface area (Å²) in [6.45, 7) is 3.99. The standard InChI is InChI=1S/C13H20ClNO2/c1-5-10-11(16-3)7-9(6-8(2)15)13(17-4)12(10)14/h7-8H,5-6,15H2,1-4H3. The third-order valence-corrected chi connectivity index (χ3v) is 3.08. The van der Waals surface area contributed by atoms with Crippen molar-refractivity contribution in [2.75, 3.05) is 14.2 Å². The molecule has 0 aliphatic rings. The minimum absolute atomic E-state index is 0.0529. The molecule has 0 aromatic heterocycles. The van der Waals surface area contributed by atoms with Crippen LogP contribution in [-0.2, 0) is 12.8 Å². The van der Waals surface area contributed by atoms with Crippen LogP contribution in [0, 0.1) is 0 Å². The molecule has 0 amide bonds. The third kappa shape index (κ3) is 3.05.